The summed E-state index contributed by atoms with van der Waals surface area (Å²) in [7, 11) is 6.58. The number of likely N-dealkylation sites (N-methyl/N-ethyl adjacent to an activating group) is 2. The Balaban J connectivity index is 1.90. The summed E-state index contributed by atoms with van der Waals surface area (Å²) in [6.45, 7) is 5.29. The molecular weight excluding hydrogens is 268 g/mol. The van der Waals surface area contributed by atoms with Crippen LogP contribution in [0.2, 0.25) is 0 Å². The minimum absolute atomic E-state index is 0.362. The van der Waals surface area contributed by atoms with E-state index in [2.05, 4.69) is 48.2 Å². The van der Waals surface area contributed by atoms with Crippen molar-refractivity contribution in [3.63, 3.8) is 0 Å². The fourth-order valence-electron chi connectivity index (χ4n) is 2.78. The van der Waals surface area contributed by atoms with Crippen LogP contribution in [-0.2, 0) is 6.54 Å². The molecule has 4 nitrogen and oxygen atoms in total. The number of thiazole rings is 1. The van der Waals surface area contributed by atoms with Crippen molar-refractivity contribution in [2.24, 2.45) is 0 Å². The molecule has 1 saturated carbocycles. The molecule has 1 heterocycles. The van der Waals surface area contributed by atoms with Crippen LogP contribution in [0.15, 0.2) is 6.20 Å². The highest BCUT2D eigenvalue weighted by Crippen LogP contribution is 2.37. The van der Waals surface area contributed by atoms with E-state index < -0.39 is 0 Å². The monoisotopic (exact) mass is 296 g/mol. The van der Waals surface area contributed by atoms with Gasteiger partial charge in [0.1, 0.15) is 0 Å². The van der Waals surface area contributed by atoms with Gasteiger partial charge < -0.3 is 15.1 Å². The van der Waals surface area contributed by atoms with Crippen LogP contribution in [0.1, 0.15) is 37.5 Å². The average molecular weight is 296 g/mol. The molecule has 1 aromatic rings. The van der Waals surface area contributed by atoms with Crippen LogP contribution >= 0.6 is 11.3 Å². The Morgan fingerprint density at radius 1 is 1.35 bits per heavy atom. The van der Waals surface area contributed by atoms with Crippen LogP contribution in [0.5, 0.6) is 0 Å². The van der Waals surface area contributed by atoms with E-state index in [1.165, 1.54) is 30.6 Å². The van der Waals surface area contributed by atoms with Gasteiger partial charge in [0.25, 0.3) is 0 Å². The Kier molecular flexibility index (Phi) is 5.41. The molecule has 0 aliphatic heterocycles. The lowest BCUT2D eigenvalue weighted by molar-refractivity contribution is 0.0683. The normalized spacial score (nSPS) is 17.2. The van der Waals surface area contributed by atoms with E-state index in [0.717, 1.165) is 24.8 Å². The Hall–Kier alpha value is -0.650. The maximum atomic E-state index is 4.58. The first-order valence-electron chi connectivity index (χ1n) is 7.61. The number of nitrogens with zero attached hydrogens (tertiary/aromatic N) is 3. The first-order valence-corrected chi connectivity index (χ1v) is 8.43. The average Bonchev–Trinajstić information content (AvgIpc) is 2.82. The second kappa shape index (κ2) is 6.87. The molecule has 1 aliphatic carbocycles. The van der Waals surface area contributed by atoms with E-state index in [9.17, 15) is 0 Å². The van der Waals surface area contributed by atoms with Crippen LogP contribution in [-0.4, -0.2) is 49.7 Å². The van der Waals surface area contributed by atoms with Crippen molar-refractivity contribution in [1.29, 1.82) is 0 Å². The first-order chi connectivity index (χ1) is 9.57. The minimum Gasteiger partial charge on any atom is -0.349 e. The lowest BCUT2D eigenvalue weighted by Gasteiger charge is -2.49. The summed E-state index contributed by atoms with van der Waals surface area (Å²) in [6.07, 6.45) is 7.16. The summed E-state index contributed by atoms with van der Waals surface area (Å²) in [4.78, 5) is 10.6. The zero-order valence-corrected chi connectivity index (χ0v) is 14.1. The molecule has 0 saturated heterocycles. The molecule has 0 unspecified atom stereocenters. The van der Waals surface area contributed by atoms with E-state index in [-0.39, 0.29) is 0 Å². The quantitative estimate of drug-likeness (QED) is 0.747. The van der Waals surface area contributed by atoms with E-state index in [1.54, 1.807) is 0 Å². The third-order valence-corrected chi connectivity index (χ3v) is 5.47. The summed E-state index contributed by atoms with van der Waals surface area (Å²) in [5, 5.41) is 4.58. The summed E-state index contributed by atoms with van der Waals surface area (Å²) < 4.78 is 0. The Labute approximate surface area is 127 Å². The topological polar surface area (TPSA) is 31.4 Å². The zero-order valence-electron chi connectivity index (χ0n) is 13.3. The van der Waals surface area contributed by atoms with Gasteiger partial charge in [-0.05, 0) is 46.3 Å². The largest absolute Gasteiger partial charge is 0.349 e. The molecule has 0 amide bonds. The fourth-order valence-corrected chi connectivity index (χ4v) is 3.62. The fraction of sp³-hybridized carbons (Fsp3) is 0.800. The summed E-state index contributed by atoms with van der Waals surface area (Å²) in [5.41, 5.74) is 0.362. The highest BCUT2D eigenvalue weighted by atomic mass is 32.1. The summed E-state index contributed by atoms with van der Waals surface area (Å²) in [5.74, 6) is 0. The molecule has 1 aliphatic rings. The molecule has 5 heteroatoms. The van der Waals surface area contributed by atoms with Gasteiger partial charge in [0, 0.05) is 36.8 Å². The molecule has 0 spiro atoms. The van der Waals surface area contributed by atoms with Crippen LogP contribution in [0.3, 0.4) is 0 Å². The Morgan fingerprint density at radius 3 is 2.65 bits per heavy atom. The predicted octanol–water partition coefficient (Wildman–Crippen LogP) is 2.56. The molecule has 0 bridgehead atoms. The highest BCUT2D eigenvalue weighted by molar-refractivity contribution is 7.15. The molecule has 20 heavy (non-hydrogen) atoms. The zero-order chi connectivity index (χ0) is 14.6. The van der Waals surface area contributed by atoms with E-state index in [0.29, 0.717) is 5.54 Å². The van der Waals surface area contributed by atoms with Crippen molar-refractivity contribution < 1.29 is 0 Å². The van der Waals surface area contributed by atoms with Crippen LogP contribution in [0.25, 0.3) is 0 Å². The smallest absolute Gasteiger partial charge is 0.185 e. The number of anilines is 1. The second-order valence-electron chi connectivity index (χ2n) is 6.11. The Bertz CT molecular complexity index is 412. The van der Waals surface area contributed by atoms with Gasteiger partial charge in [0.15, 0.2) is 5.13 Å². The van der Waals surface area contributed by atoms with Gasteiger partial charge in [0.05, 0.1) is 0 Å². The molecule has 1 fully saturated rings. The molecule has 0 aromatic carbocycles. The third kappa shape index (κ3) is 3.51. The van der Waals surface area contributed by atoms with Crippen LogP contribution < -0.4 is 10.2 Å². The number of aromatic nitrogens is 1. The Morgan fingerprint density at radius 2 is 2.10 bits per heavy atom. The van der Waals surface area contributed by atoms with Gasteiger partial charge in [-0.25, -0.2) is 4.98 Å². The lowest BCUT2D eigenvalue weighted by atomic mass is 9.75. The lowest BCUT2D eigenvalue weighted by Crippen LogP contribution is -2.56. The number of rotatable bonds is 8. The van der Waals surface area contributed by atoms with Gasteiger partial charge in [0.2, 0.25) is 0 Å². The molecule has 1 N–H and O–H groups in total. The van der Waals surface area contributed by atoms with Gasteiger partial charge in [-0.15, -0.1) is 11.3 Å². The number of hydrogen-bond acceptors (Lipinski definition) is 5. The number of hydrogen-bond donors (Lipinski definition) is 1. The van der Waals surface area contributed by atoms with Gasteiger partial charge >= 0.3 is 0 Å². The standard InChI is InChI=1S/C15H28N4S/c1-5-9-16-10-13-11-17-14(20-13)19(4)12-15(18(2)3)7-6-8-15/h11,16H,5-10,12H2,1-4H3. The summed E-state index contributed by atoms with van der Waals surface area (Å²) in [6, 6.07) is 0. The van der Waals surface area contributed by atoms with Crippen LogP contribution in [0.4, 0.5) is 5.13 Å². The number of nitrogens with one attached hydrogen (secondary N) is 1. The van der Waals surface area contributed by atoms with Crippen molar-refractivity contribution in [2.45, 2.75) is 44.7 Å². The summed E-state index contributed by atoms with van der Waals surface area (Å²) >= 11 is 1.81. The molecular formula is C15H28N4S. The van der Waals surface area contributed by atoms with Gasteiger partial charge in [-0.1, -0.05) is 6.92 Å². The van der Waals surface area contributed by atoms with Crippen molar-refractivity contribution in [3.8, 4) is 0 Å². The first kappa shape index (κ1) is 15.7. The predicted molar refractivity (Wildman–Crippen MR) is 87.7 cm³/mol. The van der Waals surface area contributed by atoms with Crippen molar-refractivity contribution in [3.05, 3.63) is 11.1 Å². The minimum atomic E-state index is 0.362. The third-order valence-electron chi connectivity index (χ3n) is 4.36. The van der Waals surface area contributed by atoms with Gasteiger partial charge in [-0.2, -0.15) is 0 Å². The van der Waals surface area contributed by atoms with E-state index in [1.807, 2.05) is 17.5 Å². The van der Waals surface area contributed by atoms with E-state index in [4.69, 9.17) is 0 Å². The van der Waals surface area contributed by atoms with Crippen molar-refractivity contribution in [1.82, 2.24) is 15.2 Å². The maximum absolute atomic E-state index is 4.58. The highest BCUT2D eigenvalue weighted by Gasteiger charge is 2.40. The molecule has 1 aromatic heterocycles. The maximum Gasteiger partial charge on any atom is 0.185 e. The molecule has 0 radical (unpaired) electrons. The van der Waals surface area contributed by atoms with Crippen molar-refractivity contribution in [2.75, 3.05) is 39.1 Å². The van der Waals surface area contributed by atoms with Crippen molar-refractivity contribution >= 4 is 16.5 Å². The molecule has 2 rings (SSSR count). The second-order valence-corrected chi connectivity index (χ2v) is 7.21. The van der Waals surface area contributed by atoms with Gasteiger partial charge in [-0.3, -0.25) is 0 Å². The van der Waals surface area contributed by atoms with Crippen LogP contribution in [0, 0.1) is 0 Å². The molecule has 0 atom stereocenters. The SMILES string of the molecule is CCCNCc1cnc(N(C)CC2(N(C)C)CCC2)s1. The molecule has 114 valence electrons. The van der Waals surface area contributed by atoms with E-state index >= 15 is 0 Å².